The van der Waals surface area contributed by atoms with Gasteiger partial charge in [-0.05, 0) is 20.8 Å². The first-order valence-electron chi connectivity index (χ1n) is 8.37. The number of nitrogens with zero attached hydrogens (tertiary/aromatic N) is 6. The largest absolute Gasteiger partial charge is 0.453 e. The fourth-order valence-corrected chi connectivity index (χ4v) is 2.83. The van der Waals surface area contributed by atoms with Crippen LogP contribution >= 0.6 is 0 Å². The SMILES string of the molecule is CC(C)(C)OC(=O)N1CCN(C2=Nn3c(nnc3C(F)(F)F)CC2)CC1. The fourth-order valence-electron chi connectivity index (χ4n) is 2.83. The number of rotatable bonds is 0. The van der Waals surface area contributed by atoms with Gasteiger partial charge in [-0.15, -0.1) is 10.2 Å². The molecule has 1 saturated heterocycles. The van der Waals surface area contributed by atoms with Crippen molar-refractivity contribution in [1.82, 2.24) is 24.7 Å². The predicted molar refractivity (Wildman–Crippen MR) is 85.6 cm³/mol. The van der Waals surface area contributed by atoms with Gasteiger partial charge in [-0.2, -0.15) is 22.9 Å². The smallest absolute Gasteiger partial charge is 0.444 e. The molecule has 2 aliphatic heterocycles. The number of fused-ring (bicyclic) bond motifs is 1. The molecule has 3 rings (SSSR count). The maximum absolute atomic E-state index is 13.0. The summed E-state index contributed by atoms with van der Waals surface area (Å²) in [6.45, 7) is 7.21. The molecule has 0 bridgehead atoms. The van der Waals surface area contributed by atoms with Gasteiger partial charge >= 0.3 is 12.3 Å². The number of piperazine rings is 1. The first-order valence-corrected chi connectivity index (χ1v) is 8.37. The molecule has 1 amide bonds. The van der Waals surface area contributed by atoms with Crippen LogP contribution in [0.25, 0.3) is 0 Å². The number of ether oxygens (including phenoxy) is 1. The highest BCUT2D eigenvalue weighted by Crippen LogP contribution is 2.29. The summed E-state index contributed by atoms with van der Waals surface area (Å²) in [5, 5.41) is 10.9. The number of hydrogen-bond donors (Lipinski definition) is 0. The second kappa shape index (κ2) is 6.44. The molecule has 8 nitrogen and oxygen atoms in total. The normalized spacial score (nSPS) is 18.5. The molecule has 0 atom stereocenters. The van der Waals surface area contributed by atoms with Gasteiger partial charge in [0.15, 0.2) is 5.82 Å². The zero-order chi connectivity index (χ0) is 19.1. The minimum Gasteiger partial charge on any atom is -0.444 e. The number of aryl methyl sites for hydroxylation is 1. The summed E-state index contributed by atoms with van der Waals surface area (Å²) in [5.41, 5.74) is -0.569. The molecule has 2 aliphatic rings. The summed E-state index contributed by atoms with van der Waals surface area (Å²) < 4.78 is 45.1. The first kappa shape index (κ1) is 18.5. The lowest BCUT2D eigenvalue weighted by Crippen LogP contribution is -2.52. The highest BCUT2D eigenvalue weighted by molar-refractivity contribution is 5.83. The number of halogens is 3. The molecule has 0 radical (unpaired) electrons. The molecule has 144 valence electrons. The number of carbonyl (C=O) groups is 1. The first-order chi connectivity index (χ1) is 12.0. The van der Waals surface area contributed by atoms with E-state index in [4.69, 9.17) is 4.74 Å². The quantitative estimate of drug-likeness (QED) is 0.694. The zero-order valence-corrected chi connectivity index (χ0v) is 14.9. The van der Waals surface area contributed by atoms with Crippen LogP contribution in [0, 0.1) is 0 Å². The third-order valence-corrected chi connectivity index (χ3v) is 4.04. The monoisotopic (exact) mass is 374 g/mol. The number of alkyl halides is 3. The van der Waals surface area contributed by atoms with Crippen molar-refractivity contribution in [3.8, 4) is 0 Å². The van der Waals surface area contributed by atoms with Crippen LogP contribution in [0.2, 0.25) is 0 Å². The highest BCUT2D eigenvalue weighted by atomic mass is 19.4. The van der Waals surface area contributed by atoms with Gasteiger partial charge in [0.1, 0.15) is 11.4 Å². The Morgan fingerprint density at radius 1 is 1.04 bits per heavy atom. The summed E-state index contributed by atoms with van der Waals surface area (Å²) in [5.74, 6) is -0.364. The predicted octanol–water partition coefficient (Wildman–Crippen LogP) is 1.96. The average molecular weight is 374 g/mol. The van der Waals surface area contributed by atoms with Gasteiger partial charge < -0.3 is 14.5 Å². The van der Waals surface area contributed by atoms with Gasteiger partial charge in [0, 0.05) is 39.0 Å². The summed E-state index contributed by atoms with van der Waals surface area (Å²) in [4.78, 5) is 15.6. The highest BCUT2D eigenvalue weighted by Gasteiger charge is 2.40. The number of amides is 1. The van der Waals surface area contributed by atoms with Crippen molar-refractivity contribution in [3.63, 3.8) is 0 Å². The van der Waals surface area contributed by atoms with Gasteiger partial charge in [0.05, 0.1) is 0 Å². The molecule has 1 aromatic heterocycles. The number of carbonyl (C=O) groups excluding carboxylic acids is 1. The van der Waals surface area contributed by atoms with E-state index < -0.39 is 17.6 Å². The molecular weight excluding hydrogens is 353 g/mol. The van der Waals surface area contributed by atoms with Crippen LogP contribution in [0.4, 0.5) is 18.0 Å². The zero-order valence-electron chi connectivity index (χ0n) is 14.9. The standard InChI is InChI=1S/C15H21F3N6O2/c1-14(2,3)26-13(25)23-8-6-22(7-9-23)11-5-4-10-19-20-12(15(16,17)18)24(10)21-11/h4-9H2,1-3H3. The van der Waals surface area contributed by atoms with E-state index in [1.165, 1.54) is 0 Å². The van der Waals surface area contributed by atoms with Crippen LogP contribution in [0.3, 0.4) is 0 Å². The van der Waals surface area contributed by atoms with Crippen LogP contribution in [0.1, 0.15) is 38.8 Å². The van der Waals surface area contributed by atoms with E-state index in [-0.39, 0.29) is 11.9 Å². The molecule has 1 aromatic rings. The second-order valence-corrected chi connectivity index (χ2v) is 7.22. The van der Waals surface area contributed by atoms with Crippen molar-refractivity contribution in [1.29, 1.82) is 0 Å². The van der Waals surface area contributed by atoms with E-state index in [9.17, 15) is 18.0 Å². The third-order valence-electron chi connectivity index (χ3n) is 4.04. The minimum absolute atomic E-state index is 0.202. The van der Waals surface area contributed by atoms with Crippen LogP contribution in [-0.4, -0.2) is 68.4 Å². The van der Waals surface area contributed by atoms with Crippen LogP contribution in [-0.2, 0) is 17.3 Å². The Morgan fingerprint density at radius 3 is 2.27 bits per heavy atom. The summed E-state index contributed by atoms with van der Waals surface area (Å²) in [6, 6.07) is 0. The lowest BCUT2D eigenvalue weighted by molar-refractivity contribution is -0.147. The number of aromatic nitrogens is 3. The Labute approximate surface area is 148 Å². The van der Waals surface area contributed by atoms with Gasteiger partial charge in [-0.25, -0.2) is 4.79 Å². The van der Waals surface area contributed by atoms with Crippen molar-refractivity contribution in [2.75, 3.05) is 26.2 Å². The Hall–Kier alpha value is -2.33. The number of hydrogen-bond acceptors (Lipinski definition) is 6. The van der Waals surface area contributed by atoms with Gasteiger partial charge in [0.25, 0.3) is 5.82 Å². The Bertz CT molecular complexity index is 714. The Balaban J connectivity index is 1.67. The van der Waals surface area contributed by atoms with Crippen molar-refractivity contribution in [3.05, 3.63) is 11.6 Å². The molecule has 0 aliphatic carbocycles. The van der Waals surface area contributed by atoms with Crippen molar-refractivity contribution in [2.45, 2.75) is 45.4 Å². The van der Waals surface area contributed by atoms with Gasteiger partial charge in [-0.1, -0.05) is 0 Å². The molecule has 26 heavy (non-hydrogen) atoms. The van der Waals surface area contributed by atoms with Gasteiger partial charge in [-0.3, -0.25) is 0 Å². The Morgan fingerprint density at radius 2 is 1.69 bits per heavy atom. The molecule has 0 unspecified atom stereocenters. The van der Waals surface area contributed by atoms with E-state index in [1.54, 1.807) is 25.7 Å². The molecule has 0 saturated carbocycles. The molecule has 1 fully saturated rings. The minimum atomic E-state index is -4.60. The molecular formula is C15H21F3N6O2. The molecule has 0 spiro atoms. The summed E-state index contributed by atoms with van der Waals surface area (Å²) in [7, 11) is 0. The molecule has 0 aromatic carbocycles. The summed E-state index contributed by atoms with van der Waals surface area (Å²) >= 11 is 0. The van der Waals surface area contributed by atoms with E-state index in [1.807, 2.05) is 4.90 Å². The third kappa shape index (κ3) is 3.91. The van der Waals surface area contributed by atoms with E-state index in [0.717, 1.165) is 4.68 Å². The number of amidine groups is 1. The maximum Gasteiger partial charge on any atom is 0.453 e. The fraction of sp³-hybridized carbons (Fsp3) is 0.733. The summed E-state index contributed by atoms with van der Waals surface area (Å²) in [6.07, 6.45) is -4.16. The van der Waals surface area contributed by atoms with Gasteiger partial charge in [0.2, 0.25) is 0 Å². The van der Waals surface area contributed by atoms with Crippen LogP contribution in [0.5, 0.6) is 0 Å². The van der Waals surface area contributed by atoms with Crippen molar-refractivity contribution >= 4 is 11.9 Å². The lowest BCUT2D eigenvalue weighted by atomic mass is 10.2. The van der Waals surface area contributed by atoms with Crippen LogP contribution in [0.15, 0.2) is 5.10 Å². The van der Waals surface area contributed by atoms with E-state index in [0.29, 0.717) is 44.9 Å². The van der Waals surface area contributed by atoms with E-state index >= 15 is 0 Å². The maximum atomic E-state index is 13.0. The lowest BCUT2D eigenvalue weighted by Gasteiger charge is -2.37. The van der Waals surface area contributed by atoms with Crippen LogP contribution < -0.4 is 0 Å². The second-order valence-electron chi connectivity index (χ2n) is 7.22. The molecule has 0 N–H and O–H groups in total. The Kier molecular flexibility index (Phi) is 4.57. The molecule has 11 heteroatoms. The van der Waals surface area contributed by atoms with Crippen molar-refractivity contribution in [2.24, 2.45) is 5.10 Å². The average Bonchev–Trinajstić information content (AvgIpc) is 2.96. The van der Waals surface area contributed by atoms with E-state index in [2.05, 4.69) is 15.3 Å². The molecule has 3 heterocycles. The van der Waals surface area contributed by atoms with Crippen molar-refractivity contribution < 1.29 is 22.7 Å². The topological polar surface area (TPSA) is 75.8 Å².